The minimum Gasteiger partial charge on any atom is -0.143 e. The van der Waals surface area contributed by atoms with Crippen LogP contribution in [0, 0.1) is 0 Å². The summed E-state index contributed by atoms with van der Waals surface area (Å²) in [6.07, 6.45) is 6.00. The molecule has 0 N–H and O–H groups in total. The van der Waals surface area contributed by atoms with Crippen LogP contribution in [-0.2, 0) is 19.3 Å². The number of hydrogen-bond donors (Lipinski definition) is 0. The summed E-state index contributed by atoms with van der Waals surface area (Å²) in [6, 6.07) is 23.2. The molecule has 2 heteroatoms. The zero-order valence-corrected chi connectivity index (χ0v) is 18.8. The van der Waals surface area contributed by atoms with E-state index in [1.807, 2.05) is 22.7 Å². The highest BCUT2D eigenvalue weighted by atomic mass is 32.1. The fourth-order valence-electron chi connectivity index (χ4n) is 4.72. The van der Waals surface area contributed by atoms with Crippen LogP contribution in [-0.4, -0.2) is 0 Å². The van der Waals surface area contributed by atoms with Gasteiger partial charge in [0, 0.05) is 25.4 Å². The molecule has 0 unspecified atom stereocenters. The van der Waals surface area contributed by atoms with Crippen LogP contribution in [0.2, 0.25) is 0 Å². The minimum atomic E-state index is 1.12. The Bertz CT molecular complexity index is 1370. The van der Waals surface area contributed by atoms with Gasteiger partial charge in [-0.15, -0.1) is 22.7 Å². The molecule has 5 aromatic rings. The predicted octanol–water partition coefficient (Wildman–Crippen LogP) is 8.89. The van der Waals surface area contributed by atoms with Crippen LogP contribution in [0.3, 0.4) is 0 Å². The van der Waals surface area contributed by atoms with E-state index in [2.05, 4.69) is 73.0 Å². The minimum absolute atomic E-state index is 1.12. The van der Waals surface area contributed by atoms with E-state index in [0.29, 0.717) is 0 Å². The fraction of sp³-hybridized carbons (Fsp3) is 0.214. The Morgan fingerprint density at radius 1 is 0.667 bits per heavy atom. The molecule has 0 saturated heterocycles. The second kappa shape index (κ2) is 7.37. The van der Waals surface area contributed by atoms with Crippen molar-refractivity contribution in [2.24, 2.45) is 0 Å². The third kappa shape index (κ3) is 2.93. The Labute approximate surface area is 185 Å². The van der Waals surface area contributed by atoms with E-state index in [-0.39, 0.29) is 0 Å². The van der Waals surface area contributed by atoms with Crippen LogP contribution < -0.4 is 0 Å². The standard InChI is InChI=1S/C28H24S2/c1-2-3-4-18-5-7-19(8-6-18)9-12-22-17-21-11-14-24-25-23(26(24)28(21)30-22)13-10-20-15-16-29-27(20)25/h5-8,10-11,13-17H,2-4,9,12H2,1H3. The summed E-state index contributed by atoms with van der Waals surface area (Å²) in [6.45, 7) is 2.26. The third-order valence-corrected chi connectivity index (χ3v) is 8.58. The fourth-order valence-corrected chi connectivity index (χ4v) is 6.90. The smallest absolute Gasteiger partial charge is 0.0430 e. The normalized spacial score (nSPS) is 12.2. The number of fused-ring (bicyclic) bond motifs is 8. The van der Waals surface area contributed by atoms with E-state index in [1.165, 1.54) is 77.7 Å². The molecule has 0 bridgehead atoms. The van der Waals surface area contributed by atoms with Crippen molar-refractivity contribution in [1.29, 1.82) is 0 Å². The van der Waals surface area contributed by atoms with E-state index in [9.17, 15) is 0 Å². The molecule has 148 valence electrons. The molecule has 0 radical (unpaired) electrons. The molecule has 1 aliphatic rings. The van der Waals surface area contributed by atoms with Crippen molar-refractivity contribution in [2.45, 2.75) is 39.0 Å². The molecule has 0 amide bonds. The quantitative estimate of drug-likeness (QED) is 0.250. The molecule has 30 heavy (non-hydrogen) atoms. The maximum Gasteiger partial charge on any atom is 0.0430 e. The molecular weight excluding hydrogens is 400 g/mol. The van der Waals surface area contributed by atoms with Crippen molar-refractivity contribution < 1.29 is 0 Å². The van der Waals surface area contributed by atoms with Crippen LogP contribution in [0.1, 0.15) is 35.8 Å². The van der Waals surface area contributed by atoms with Crippen molar-refractivity contribution in [3.05, 3.63) is 82.0 Å². The molecule has 1 aliphatic carbocycles. The zero-order valence-electron chi connectivity index (χ0n) is 17.2. The zero-order chi connectivity index (χ0) is 20.1. The van der Waals surface area contributed by atoms with Crippen LogP contribution in [0.15, 0.2) is 66.0 Å². The molecule has 2 aromatic heterocycles. The molecular formula is C28H24S2. The summed E-state index contributed by atoms with van der Waals surface area (Å²) in [5, 5.41) is 4.99. The topological polar surface area (TPSA) is 0 Å². The Morgan fingerprint density at radius 3 is 2.13 bits per heavy atom. The van der Waals surface area contributed by atoms with E-state index in [0.717, 1.165) is 12.8 Å². The molecule has 6 rings (SSSR count). The summed E-state index contributed by atoms with van der Waals surface area (Å²) in [4.78, 5) is 1.50. The molecule has 3 aromatic carbocycles. The van der Waals surface area contributed by atoms with Gasteiger partial charge in [-0.05, 0) is 76.2 Å². The van der Waals surface area contributed by atoms with Gasteiger partial charge in [0.05, 0.1) is 0 Å². The first-order chi connectivity index (χ1) is 14.8. The van der Waals surface area contributed by atoms with Gasteiger partial charge >= 0.3 is 0 Å². The molecule has 2 heterocycles. The summed E-state index contributed by atoms with van der Waals surface area (Å²) < 4.78 is 2.92. The Morgan fingerprint density at radius 2 is 1.37 bits per heavy atom. The lowest BCUT2D eigenvalue weighted by molar-refractivity contribution is 0.794. The Kier molecular flexibility index (Phi) is 4.51. The molecule has 0 atom stereocenters. The van der Waals surface area contributed by atoms with E-state index < -0.39 is 0 Å². The van der Waals surface area contributed by atoms with Gasteiger partial charge in [0.25, 0.3) is 0 Å². The van der Waals surface area contributed by atoms with Crippen molar-refractivity contribution in [1.82, 2.24) is 0 Å². The van der Waals surface area contributed by atoms with Crippen LogP contribution >= 0.6 is 22.7 Å². The van der Waals surface area contributed by atoms with Gasteiger partial charge in [0.2, 0.25) is 0 Å². The maximum atomic E-state index is 2.41. The van der Waals surface area contributed by atoms with Crippen molar-refractivity contribution >= 4 is 42.8 Å². The van der Waals surface area contributed by atoms with Crippen molar-refractivity contribution in [3.63, 3.8) is 0 Å². The highest BCUT2D eigenvalue weighted by molar-refractivity contribution is 7.20. The highest BCUT2D eigenvalue weighted by Crippen LogP contribution is 2.55. The van der Waals surface area contributed by atoms with Crippen molar-refractivity contribution in [2.75, 3.05) is 0 Å². The largest absolute Gasteiger partial charge is 0.143 e. The lowest BCUT2D eigenvalue weighted by Gasteiger charge is -2.25. The monoisotopic (exact) mass is 424 g/mol. The third-order valence-electron chi connectivity index (χ3n) is 6.40. The molecule has 0 spiro atoms. The number of unbranched alkanes of at least 4 members (excludes halogenated alkanes) is 1. The second-order valence-corrected chi connectivity index (χ2v) is 10.4. The second-order valence-electron chi connectivity index (χ2n) is 8.37. The number of benzene rings is 3. The summed E-state index contributed by atoms with van der Waals surface area (Å²) in [5.41, 5.74) is 8.77. The number of thiophene rings is 2. The number of hydrogen-bond acceptors (Lipinski definition) is 2. The van der Waals surface area contributed by atoms with Gasteiger partial charge < -0.3 is 0 Å². The summed E-state index contributed by atoms with van der Waals surface area (Å²) in [5.74, 6) is 0. The lowest BCUT2D eigenvalue weighted by atomic mass is 9.79. The molecule has 0 nitrogen and oxygen atoms in total. The molecule has 0 saturated carbocycles. The van der Waals surface area contributed by atoms with Crippen molar-refractivity contribution in [3.8, 4) is 22.3 Å². The highest BCUT2D eigenvalue weighted by Gasteiger charge is 2.28. The van der Waals surface area contributed by atoms with Gasteiger partial charge in [-0.1, -0.05) is 61.9 Å². The predicted molar refractivity (Wildman–Crippen MR) is 134 cm³/mol. The summed E-state index contributed by atoms with van der Waals surface area (Å²) >= 11 is 3.87. The van der Waals surface area contributed by atoms with Gasteiger partial charge in [-0.3, -0.25) is 0 Å². The Balaban J connectivity index is 1.26. The summed E-state index contributed by atoms with van der Waals surface area (Å²) in [7, 11) is 0. The SMILES string of the molecule is CCCCc1ccc(CCc2cc3ccc4c(c3s2)-c2ccc3ccsc3c2-4)cc1. The van der Waals surface area contributed by atoms with Gasteiger partial charge in [0.1, 0.15) is 0 Å². The van der Waals surface area contributed by atoms with Gasteiger partial charge in [-0.25, -0.2) is 0 Å². The van der Waals surface area contributed by atoms with E-state index in [4.69, 9.17) is 0 Å². The van der Waals surface area contributed by atoms with Crippen LogP contribution in [0.4, 0.5) is 0 Å². The molecule has 0 aliphatic heterocycles. The first-order valence-corrected chi connectivity index (χ1v) is 12.7. The average Bonchev–Trinajstić information content (AvgIpc) is 3.39. The van der Waals surface area contributed by atoms with Gasteiger partial charge in [-0.2, -0.15) is 0 Å². The van der Waals surface area contributed by atoms with E-state index >= 15 is 0 Å². The Hall–Kier alpha value is -2.42. The van der Waals surface area contributed by atoms with Crippen LogP contribution in [0.25, 0.3) is 42.4 Å². The van der Waals surface area contributed by atoms with E-state index in [1.54, 1.807) is 0 Å². The first kappa shape index (κ1) is 18.4. The van der Waals surface area contributed by atoms with Crippen LogP contribution in [0.5, 0.6) is 0 Å². The lowest BCUT2D eigenvalue weighted by Crippen LogP contribution is -1.98. The molecule has 0 fully saturated rings. The maximum absolute atomic E-state index is 2.41. The first-order valence-electron chi connectivity index (χ1n) is 11.0. The average molecular weight is 425 g/mol. The van der Waals surface area contributed by atoms with Gasteiger partial charge in [0.15, 0.2) is 0 Å². The number of aryl methyl sites for hydroxylation is 3. The number of rotatable bonds is 6.